The Labute approximate surface area is 141 Å². The largest absolute Gasteiger partial charge is 0.488 e. The van der Waals surface area contributed by atoms with E-state index in [-0.39, 0.29) is 23.5 Å². The van der Waals surface area contributed by atoms with Crippen LogP contribution in [0.1, 0.15) is 6.42 Å². The van der Waals surface area contributed by atoms with Gasteiger partial charge in [-0.3, -0.25) is 4.79 Å². The molecule has 6 nitrogen and oxygen atoms in total. The number of benzene rings is 1. The summed E-state index contributed by atoms with van der Waals surface area (Å²) in [6.45, 7) is 1.44. The number of amides is 1. The first-order valence-electron chi connectivity index (χ1n) is 7.53. The highest BCUT2D eigenvalue weighted by molar-refractivity contribution is 7.91. The van der Waals surface area contributed by atoms with Gasteiger partial charge in [-0.2, -0.15) is 0 Å². The van der Waals surface area contributed by atoms with Crippen LogP contribution in [0.3, 0.4) is 0 Å². The van der Waals surface area contributed by atoms with E-state index in [9.17, 15) is 13.2 Å². The van der Waals surface area contributed by atoms with Crippen LogP contribution in [0.2, 0.25) is 5.02 Å². The maximum absolute atomic E-state index is 11.9. The lowest BCUT2D eigenvalue weighted by Gasteiger charge is -2.16. The van der Waals surface area contributed by atoms with Gasteiger partial charge in [0.15, 0.2) is 16.4 Å². The lowest BCUT2D eigenvalue weighted by Crippen LogP contribution is -3.10. The number of sulfone groups is 1. The van der Waals surface area contributed by atoms with E-state index in [4.69, 9.17) is 16.3 Å². The highest BCUT2D eigenvalue weighted by Crippen LogP contribution is 2.15. The topological polar surface area (TPSA) is 76.9 Å². The van der Waals surface area contributed by atoms with Crippen LogP contribution in [0.15, 0.2) is 24.3 Å². The predicted octanol–water partition coefficient (Wildman–Crippen LogP) is -0.463. The van der Waals surface area contributed by atoms with E-state index in [0.29, 0.717) is 31.1 Å². The molecule has 2 rings (SSSR count). The molecule has 0 aliphatic carbocycles. The Balaban J connectivity index is 1.65. The number of carbonyl (C=O) groups is 1. The number of likely N-dealkylation sites (N-methyl/N-ethyl adjacent to an activating group) is 1. The van der Waals surface area contributed by atoms with E-state index in [0.717, 1.165) is 10.6 Å². The molecular formula is C15H22ClN2O4S+. The third-order valence-electron chi connectivity index (χ3n) is 3.67. The highest BCUT2D eigenvalue weighted by Gasteiger charge is 2.29. The van der Waals surface area contributed by atoms with Crippen LogP contribution < -0.4 is 15.0 Å². The van der Waals surface area contributed by atoms with Gasteiger partial charge in [0, 0.05) is 11.1 Å². The summed E-state index contributed by atoms with van der Waals surface area (Å²) >= 11 is 5.80. The molecule has 1 heterocycles. The minimum absolute atomic E-state index is 0.0530. The van der Waals surface area contributed by atoms with E-state index in [1.807, 2.05) is 7.05 Å². The molecule has 2 N–H and O–H groups in total. The molecule has 1 saturated heterocycles. The second-order valence-corrected chi connectivity index (χ2v) is 8.52. The molecule has 0 spiro atoms. The van der Waals surface area contributed by atoms with Crippen molar-refractivity contribution in [3.05, 3.63) is 29.3 Å². The number of hydrogen-bond donors (Lipinski definition) is 2. The molecule has 0 bridgehead atoms. The summed E-state index contributed by atoms with van der Waals surface area (Å²) in [5.74, 6) is 0.825. The molecule has 1 fully saturated rings. The van der Waals surface area contributed by atoms with Crippen molar-refractivity contribution in [2.45, 2.75) is 12.5 Å². The molecule has 1 aliphatic heterocycles. The van der Waals surface area contributed by atoms with Crippen LogP contribution in [0.25, 0.3) is 0 Å². The molecule has 2 atom stereocenters. The third kappa shape index (κ3) is 6.37. The average Bonchev–Trinajstić information content (AvgIpc) is 2.79. The lowest BCUT2D eigenvalue weighted by atomic mass is 10.2. The zero-order chi connectivity index (χ0) is 16.9. The van der Waals surface area contributed by atoms with Crippen molar-refractivity contribution in [2.24, 2.45) is 0 Å². The molecule has 1 amide bonds. The smallest absolute Gasteiger partial charge is 0.275 e. The first kappa shape index (κ1) is 18.0. The quantitative estimate of drug-likeness (QED) is 0.689. The summed E-state index contributed by atoms with van der Waals surface area (Å²) in [7, 11) is -1.07. The van der Waals surface area contributed by atoms with Crippen molar-refractivity contribution >= 4 is 27.3 Å². The Bertz CT molecular complexity index is 633. The number of hydrogen-bond acceptors (Lipinski definition) is 4. The zero-order valence-corrected chi connectivity index (χ0v) is 14.6. The number of ether oxygens (including phenoxy) is 1. The highest BCUT2D eigenvalue weighted by atomic mass is 35.5. The number of rotatable bonds is 7. The van der Waals surface area contributed by atoms with Crippen LogP contribution in [-0.2, 0) is 14.6 Å². The monoisotopic (exact) mass is 361 g/mol. The lowest BCUT2D eigenvalue weighted by molar-refractivity contribution is -0.871. The molecule has 1 aromatic rings. The molecule has 0 aromatic heterocycles. The standard InChI is InChI=1S/C15H21ClN2O4S/c1-18(7-8-22-14-4-2-12(16)3-5-14)10-15(19)17-13-6-9-23(20,21)11-13/h2-5,13H,6-11H2,1H3,(H,17,19)/p+1/t13-/m1/s1. The maximum Gasteiger partial charge on any atom is 0.275 e. The summed E-state index contributed by atoms with van der Waals surface area (Å²) < 4.78 is 28.3. The zero-order valence-electron chi connectivity index (χ0n) is 13.0. The van der Waals surface area contributed by atoms with Gasteiger partial charge in [0.25, 0.3) is 5.91 Å². The van der Waals surface area contributed by atoms with Gasteiger partial charge < -0.3 is 15.0 Å². The van der Waals surface area contributed by atoms with Crippen molar-refractivity contribution < 1.29 is 22.8 Å². The molecule has 23 heavy (non-hydrogen) atoms. The van der Waals surface area contributed by atoms with Crippen molar-refractivity contribution in [2.75, 3.05) is 38.2 Å². The van der Waals surface area contributed by atoms with Gasteiger partial charge in [-0.05, 0) is 30.7 Å². The molecule has 1 aromatic carbocycles. The fraction of sp³-hybridized carbons (Fsp3) is 0.533. The van der Waals surface area contributed by atoms with E-state index in [2.05, 4.69) is 5.32 Å². The van der Waals surface area contributed by atoms with Crippen LogP contribution >= 0.6 is 11.6 Å². The molecular weight excluding hydrogens is 340 g/mol. The van der Waals surface area contributed by atoms with E-state index < -0.39 is 9.84 Å². The minimum atomic E-state index is -2.97. The second-order valence-electron chi connectivity index (χ2n) is 5.85. The van der Waals surface area contributed by atoms with Gasteiger partial charge >= 0.3 is 0 Å². The summed E-state index contributed by atoms with van der Waals surface area (Å²) in [5.41, 5.74) is 0. The Morgan fingerprint density at radius 3 is 2.70 bits per heavy atom. The Morgan fingerprint density at radius 1 is 1.39 bits per heavy atom. The fourth-order valence-electron chi connectivity index (χ4n) is 2.42. The molecule has 8 heteroatoms. The Morgan fingerprint density at radius 2 is 2.09 bits per heavy atom. The van der Waals surface area contributed by atoms with Crippen molar-refractivity contribution in [3.63, 3.8) is 0 Å². The van der Waals surface area contributed by atoms with E-state index >= 15 is 0 Å². The first-order valence-corrected chi connectivity index (χ1v) is 9.73. The summed E-state index contributed by atoms with van der Waals surface area (Å²) in [6.07, 6.45) is 0.507. The molecule has 0 radical (unpaired) electrons. The van der Waals surface area contributed by atoms with Gasteiger partial charge in [-0.15, -0.1) is 0 Å². The van der Waals surface area contributed by atoms with Gasteiger partial charge in [0.1, 0.15) is 18.9 Å². The summed E-state index contributed by atoms with van der Waals surface area (Å²) in [6, 6.07) is 6.87. The number of carbonyl (C=O) groups excluding carboxylic acids is 1. The molecule has 1 unspecified atom stereocenters. The second kappa shape index (κ2) is 7.99. The van der Waals surface area contributed by atoms with Crippen LogP contribution in [-0.4, -0.2) is 58.6 Å². The van der Waals surface area contributed by atoms with Crippen LogP contribution in [0, 0.1) is 0 Å². The average molecular weight is 362 g/mol. The van der Waals surface area contributed by atoms with Gasteiger partial charge in [-0.25, -0.2) is 8.42 Å². The van der Waals surface area contributed by atoms with E-state index in [1.165, 1.54) is 0 Å². The van der Waals surface area contributed by atoms with Crippen molar-refractivity contribution in [3.8, 4) is 5.75 Å². The van der Waals surface area contributed by atoms with Gasteiger partial charge in [0.2, 0.25) is 0 Å². The van der Waals surface area contributed by atoms with Gasteiger partial charge in [-0.1, -0.05) is 11.6 Å². The number of halogens is 1. The Hall–Kier alpha value is -1.31. The van der Waals surface area contributed by atoms with Crippen LogP contribution in [0.5, 0.6) is 5.75 Å². The normalized spacial score (nSPS) is 20.9. The van der Waals surface area contributed by atoms with Crippen molar-refractivity contribution in [1.29, 1.82) is 0 Å². The van der Waals surface area contributed by atoms with E-state index in [1.54, 1.807) is 24.3 Å². The predicted molar refractivity (Wildman–Crippen MR) is 88.8 cm³/mol. The minimum Gasteiger partial charge on any atom is -0.488 e. The molecule has 0 saturated carbocycles. The fourth-order valence-corrected chi connectivity index (χ4v) is 4.22. The Kier molecular flexibility index (Phi) is 6.26. The summed E-state index contributed by atoms with van der Waals surface area (Å²) in [5, 5.41) is 3.44. The molecule has 128 valence electrons. The number of quaternary nitrogens is 1. The van der Waals surface area contributed by atoms with Crippen LogP contribution in [0.4, 0.5) is 0 Å². The molecule has 1 aliphatic rings. The maximum atomic E-state index is 11.9. The van der Waals surface area contributed by atoms with Gasteiger partial charge in [0.05, 0.1) is 18.6 Å². The third-order valence-corrected chi connectivity index (χ3v) is 5.69. The number of nitrogens with one attached hydrogen (secondary N) is 2. The SMILES string of the molecule is C[NH+](CCOc1ccc(Cl)cc1)CC(=O)N[C@@H]1CCS(=O)(=O)C1. The first-order chi connectivity index (χ1) is 10.8. The van der Waals surface area contributed by atoms with Crippen molar-refractivity contribution in [1.82, 2.24) is 5.32 Å². The summed E-state index contributed by atoms with van der Waals surface area (Å²) in [4.78, 5) is 12.9.